The van der Waals surface area contributed by atoms with Gasteiger partial charge in [0.1, 0.15) is 0 Å². The standard InChI is InChI=1S/C17H15N3OS/c21-11-14-8-6-13(7-9-14)10-18-20-17-19-16(12-22-17)15-4-2-1-3-5-15/h1-10,12,21H,11H2,(H,19,20). The lowest BCUT2D eigenvalue weighted by Crippen LogP contribution is -1.91. The first-order valence-electron chi connectivity index (χ1n) is 6.85. The zero-order valence-corrected chi connectivity index (χ0v) is 12.6. The third-order valence-corrected chi connectivity index (χ3v) is 3.86. The smallest absolute Gasteiger partial charge is 0.203 e. The molecule has 0 amide bonds. The summed E-state index contributed by atoms with van der Waals surface area (Å²) in [6, 6.07) is 17.6. The fourth-order valence-electron chi connectivity index (χ4n) is 1.94. The van der Waals surface area contributed by atoms with Crippen molar-refractivity contribution in [2.24, 2.45) is 5.10 Å². The van der Waals surface area contributed by atoms with Crippen molar-refractivity contribution in [2.45, 2.75) is 6.61 Å². The quantitative estimate of drug-likeness (QED) is 0.557. The summed E-state index contributed by atoms with van der Waals surface area (Å²) in [4.78, 5) is 4.50. The molecule has 1 aromatic heterocycles. The first-order chi connectivity index (χ1) is 10.8. The van der Waals surface area contributed by atoms with E-state index in [1.165, 1.54) is 11.3 Å². The maximum absolute atomic E-state index is 9.00. The number of aliphatic hydroxyl groups is 1. The van der Waals surface area contributed by atoms with E-state index < -0.39 is 0 Å². The number of nitrogens with zero attached hydrogens (tertiary/aromatic N) is 2. The molecule has 0 aliphatic rings. The molecule has 0 unspecified atom stereocenters. The number of nitrogens with one attached hydrogen (secondary N) is 1. The van der Waals surface area contributed by atoms with Gasteiger partial charge in [-0.25, -0.2) is 4.98 Å². The summed E-state index contributed by atoms with van der Waals surface area (Å²) in [7, 11) is 0. The van der Waals surface area contributed by atoms with Crippen LogP contribution in [0.4, 0.5) is 5.13 Å². The van der Waals surface area contributed by atoms with Gasteiger partial charge in [-0.2, -0.15) is 5.10 Å². The predicted octanol–water partition coefficient (Wildman–Crippen LogP) is 3.75. The second-order valence-corrected chi connectivity index (χ2v) is 5.53. The number of thiazole rings is 1. The average Bonchev–Trinajstić information content (AvgIpc) is 3.05. The van der Waals surface area contributed by atoms with Crippen LogP contribution < -0.4 is 5.43 Å². The first kappa shape index (κ1) is 14.4. The SMILES string of the molecule is OCc1ccc(C=NNc2nc(-c3ccccc3)cs2)cc1. The number of aromatic nitrogens is 1. The van der Waals surface area contributed by atoms with Crippen molar-refractivity contribution in [3.05, 3.63) is 71.1 Å². The van der Waals surface area contributed by atoms with E-state index in [0.717, 1.165) is 27.5 Å². The lowest BCUT2D eigenvalue weighted by atomic mass is 10.2. The van der Waals surface area contributed by atoms with Crippen molar-refractivity contribution in [3.8, 4) is 11.3 Å². The highest BCUT2D eigenvalue weighted by Crippen LogP contribution is 2.24. The van der Waals surface area contributed by atoms with Gasteiger partial charge in [-0.15, -0.1) is 11.3 Å². The topological polar surface area (TPSA) is 57.5 Å². The van der Waals surface area contributed by atoms with E-state index in [2.05, 4.69) is 15.5 Å². The Morgan fingerprint density at radius 1 is 1.09 bits per heavy atom. The molecule has 0 saturated heterocycles. The number of hydrazone groups is 1. The zero-order chi connectivity index (χ0) is 15.2. The van der Waals surface area contributed by atoms with E-state index in [4.69, 9.17) is 5.11 Å². The lowest BCUT2D eigenvalue weighted by Gasteiger charge is -1.97. The molecular formula is C17H15N3OS. The summed E-state index contributed by atoms with van der Waals surface area (Å²) in [5.41, 5.74) is 6.82. The van der Waals surface area contributed by atoms with Gasteiger partial charge in [0.05, 0.1) is 18.5 Å². The predicted molar refractivity (Wildman–Crippen MR) is 91.1 cm³/mol. The molecule has 2 N–H and O–H groups in total. The lowest BCUT2D eigenvalue weighted by molar-refractivity contribution is 0.282. The van der Waals surface area contributed by atoms with Crippen LogP contribution in [0.15, 0.2) is 65.1 Å². The maximum atomic E-state index is 9.00. The highest BCUT2D eigenvalue weighted by molar-refractivity contribution is 7.14. The van der Waals surface area contributed by atoms with E-state index in [9.17, 15) is 0 Å². The van der Waals surface area contributed by atoms with Gasteiger partial charge in [0.25, 0.3) is 0 Å². The number of aliphatic hydroxyl groups excluding tert-OH is 1. The van der Waals surface area contributed by atoms with Crippen LogP contribution in [0, 0.1) is 0 Å². The number of benzene rings is 2. The van der Waals surface area contributed by atoms with Gasteiger partial charge in [-0.3, -0.25) is 5.43 Å². The molecule has 0 radical (unpaired) electrons. The maximum Gasteiger partial charge on any atom is 0.203 e. The molecule has 0 fully saturated rings. The summed E-state index contributed by atoms with van der Waals surface area (Å²) in [5.74, 6) is 0. The van der Waals surface area contributed by atoms with Crippen LogP contribution in [0.25, 0.3) is 11.3 Å². The van der Waals surface area contributed by atoms with Gasteiger partial charge in [-0.05, 0) is 11.1 Å². The van der Waals surface area contributed by atoms with Crippen LogP contribution in [0.2, 0.25) is 0 Å². The normalized spacial score (nSPS) is 11.0. The fourth-order valence-corrected chi connectivity index (χ4v) is 2.61. The highest BCUT2D eigenvalue weighted by atomic mass is 32.1. The van der Waals surface area contributed by atoms with Crippen LogP contribution >= 0.6 is 11.3 Å². The second kappa shape index (κ2) is 6.98. The molecule has 110 valence electrons. The molecule has 5 heteroatoms. The molecular weight excluding hydrogens is 294 g/mol. The van der Waals surface area contributed by atoms with Crippen molar-refractivity contribution in [1.29, 1.82) is 0 Å². The van der Waals surface area contributed by atoms with Crippen LogP contribution in [0.3, 0.4) is 0 Å². The Morgan fingerprint density at radius 3 is 2.59 bits per heavy atom. The number of rotatable bonds is 5. The van der Waals surface area contributed by atoms with Crippen LogP contribution in [0.1, 0.15) is 11.1 Å². The average molecular weight is 309 g/mol. The second-order valence-electron chi connectivity index (χ2n) is 4.67. The number of hydrogen-bond acceptors (Lipinski definition) is 5. The Balaban J connectivity index is 1.64. The Hall–Kier alpha value is -2.50. The van der Waals surface area contributed by atoms with E-state index in [1.54, 1.807) is 6.21 Å². The molecule has 1 heterocycles. The number of hydrogen-bond donors (Lipinski definition) is 2. The Bertz CT molecular complexity index is 751. The molecule has 2 aromatic carbocycles. The van der Waals surface area contributed by atoms with Crippen molar-refractivity contribution in [1.82, 2.24) is 4.98 Å². The minimum Gasteiger partial charge on any atom is -0.392 e. The summed E-state index contributed by atoms with van der Waals surface area (Å²) in [6.45, 7) is 0.0526. The van der Waals surface area contributed by atoms with Crippen LogP contribution in [0.5, 0.6) is 0 Å². The van der Waals surface area contributed by atoms with Crippen molar-refractivity contribution in [3.63, 3.8) is 0 Å². The van der Waals surface area contributed by atoms with E-state index in [1.807, 2.05) is 60.0 Å². The van der Waals surface area contributed by atoms with E-state index in [-0.39, 0.29) is 6.61 Å². The number of anilines is 1. The molecule has 0 bridgehead atoms. The van der Waals surface area contributed by atoms with Gasteiger partial charge in [-0.1, -0.05) is 54.6 Å². The van der Waals surface area contributed by atoms with Crippen molar-refractivity contribution in [2.75, 3.05) is 5.43 Å². The van der Waals surface area contributed by atoms with Crippen LogP contribution in [-0.2, 0) is 6.61 Å². The highest BCUT2D eigenvalue weighted by Gasteiger charge is 2.02. The third-order valence-electron chi connectivity index (χ3n) is 3.11. The van der Waals surface area contributed by atoms with Gasteiger partial charge in [0.15, 0.2) is 0 Å². The summed E-state index contributed by atoms with van der Waals surface area (Å²) in [5, 5.41) is 15.9. The van der Waals surface area contributed by atoms with Crippen LogP contribution in [-0.4, -0.2) is 16.3 Å². The fraction of sp³-hybridized carbons (Fsp3) is 0.0588. The summed E-state index contributed by atoms with van der Waals surface area (Å²) >= 11 is 1.52. The van der Waals surface area contributed by atoms with Gasteiger partial charge < -0.3 is 5.11 Å². The molecule has 3 aromatic rings. The molecule has 0 aliphatic carbocycles. The third kappa shape index (κ3) is 3.58. The van der Waals surface area contributed by atoms with Crippen molar-refractivity contribution < 1.29 is 5.11 Å². The molecule has 0 aliphatic heterocycles. The van der Waals surface area contributed by atoms with E-state index >= 15 is 0 Å². The first-order valence-corrected chi connectivity index (χ1v) is 7.73. The zero-order valence-electron chi connectivity index (χ0n) is 11.8. The molecule has 0 saturated carbocycles. The molecule has 0 spiro atoms. The summed E-state index contributed by atoms with van der Waals surface area (Å²) < 4.78 is 0. The van der Waals surface area contributed by atoms with Gasteiger partial charge in [0.2, 0.25) is 5.13 Å². The largest absolute Gasteiger partial charge is 0.392 e. The molecule has 3 rings (SSSR count). The molecule has 22 heavy (non-hydrogen) atoms. The Morgan fingerprint density at radius 2 is 1.86 bits per heavy atom. The van der Waals surface area contributed by atoms with Gasteiger partial charge in [0, 0.05) is 10.9 Å². The Kier molecular flexibility index (Phi) is 4.58. The molecule has 0 atom stereocenters. The Labute approximate surface area is 132 Å². The van der Waals surface area contributed by atoms with Crippen molar-refractivity contribution >= 4 is 22.7 Å². The monoisotopic (exact) mass is 309 g/mol. The molecule has 4 nitrogen and oxygen atoms in total. The summed E-state index contributed by atoms with van der Waals surface area (Å²) in [6.07, 6.45) is 1.73. The minimum absolute atomic E-state index is 0.0526. The van der Waals surface area contributed by atoms with E-state index in [0.29, 0.717) is 0 Å². The minimum atomic E-state index is 0.0526. The van der Waals surface area contributed by atoms with Gasteiger partial charge >= 0.3 is 0 Å².